The van der Waals surface area contributed by atoms with Gasteiger partial charge in [-0.3, -0.25) is 14.8 Å². The smallest absolute Gasteiger partial charge is 0.303 e. The van der Waals surface area contributed by atoms with E-state index in [0.717, 1.165) is 42.1 Å². The maximum Gasteiger partial charge on any atom is 0.303 e. The average Bonchev–Trinajstić information content (AvgIpc) is 2.66. The minimum atomic E-state index is -0.683. The molecule has 3 rings (SSSR count). The number of fused-ring (bicyclic) bond motifs is 3. The second-order valence-electron chi connectivity index (χ2n) is 6.88. The van der Waals surface area contributed by atoms with E-state index in [9.17, 15) is 4.79 Å². The number of nitrogens with zero attached hydrogens (tertiary/aromatic N) is 2. The van der Waals surface area contributed by atoms with E-state index in [-0.39, 0.29) is 0 Å². The first-order valence-electron chi connectivity index (χ1n) is 9.59. The summed E-state index contributed by atoms with van der Waals surface area (Å²) in [6.45, 7) is 0. The number of hydrogen-bond donors (Lipinski definition) is 1. The fourth-order valence-corrected chi connectivity index (χ4v) is 3.53. The van der Waals surface area contributed by atoms with E-state index in [2.05, 4.69) is 28.2 Å². The normalized spacial score (nSPS) is 11.2. The Morgan fingerprint density at radius 1 is 0.846 bits per heavy atom. The highest BCUT2D eigenvalue weighted by atomic mass is 16.4. The second-order valence-corrected chi connectivity index (χ2v) is 6.88. The standard InChI is InChI=1S/C22H26N2O2/c25-20(26)13-7-5-3-1-2-4-6-10-17-16-18-11-8-14-23-21(18)22-19(17)12-9-15-24-22/h8-9,11-12,14-16H,1-7,10,13H2,(H,25,26). The lowest BCUT2D eigenvalue weighted by molar-refractivity contribution is -0.137. The van der Waals surface area contributed by atoms with E-state index in [1.165, 1.54) is 36.6 Å². The number of hydrogen-bond acceptors (Lipinski definition) is 3. The minimum absolute atomic E-state index is 0.304. The van der Waals surface area contributed by atoms with Crippen LogP contribution >= 0.6 is 0 Å². The number of unbranched alkanes of at least 4 members (excludes halogenated alkanes) is 6. The van der Waals surface area contributed by atoms with Gasteiger partial charge in [-0.05, 0) is 43.0 Å². The largest absolute Gasteiger partial charge is 0.481 e. The summed E-state index contributed by atoms with van der Waals surface area (Å²) in [5.74, 6) is -0.683. The summed E-state index contributed by atoms with van der Waals surface area (Å²) in [7, 11) is 0. The van der Waals surface area contributed by atoms with Crippen LogP contribution in [0.15, 0.2) is 42.7 Å². The molecule has 1 N–H and O–H groups in total. The number of pyridine rings is 2. The summed E-state index contributed by atoms with van der Waals surface area (Å²) < 4.78 is 0. The van der Waals surface area contributed by atoms with Crippen LogP contribution in [0, 0.1) is 0 Å². The van der Waals surface area contributed by atoms with Crippen LogP contribution in [0.3, 0.4) is 0 Å². The highest BCUT2D eigenvalue weighted by Crippen LogP contribution is 2.27. The lowest BCUT2D eigenvalue weighted by Gasteiger charge is -2.09. The molecule has 2 aromatic heterocycles. The lowest BCUT2D eigenvalue weighted by atomic mass is 9.98. The van der Waals surface area contributed by atoms with Gasteiger partial charge in [0.25, 0.3) is 0 Å². The average molecular weight is 350 g/mol. The van der Waals surface area contributed by atoms with Gasteiger partial charge < -0.3 is 5.11 Å². The molecule has 0 radical (unpaired) electrons. The Balaban J connectivity index is 1.52. The summed E-state index contributed by atoms with van der Waals surface area (Å²) in [5, 5.41) is 11.0. The number of rotatable bonds is 10. The first kappa shape index (κ1) is 18.3. The van der Waals surface area contributed by atoms with E-state index in [1.54, 1.807) is 0 Å². The Hall–Kier alpha value is -2.49. The van der Waals surface area contributed by atoms with Crippen LogP contribution in [0.25, 0.3) is 21.8 Å². The number of aromatic nitrogens is 2. The van der Waals surface area contributed by atoms with Gasteiger partial charge in [0.1, 0.15) is 0 Å². The molecule has 2 heterocycles. The topological polar surface area (TPSA) is 63.1 Å². The molecule has 4 heteroatoms. The third-order valence-electron chi connectivity index (χ3n) is 4.88. The van der Waals surface area contributed by atoms with Gasteiger partial charge in [-0.1, -0.05) is 44.2 Å². The summed E-state index contributed by atoms with van der Waals surface area (Å²) in [6.07, 6.45) is 12.8. The van der Waals surface area contributed by atoms with Gasteiger partial charge in [0.05, 0.1) is 11.0 Å². The molecule has 0 saturated carbocycles. The van der Waals surface area contributed by atoms with E-state index in [4.69, 9.17) is 5.11 Å². The summed E-state index contributed by atoms with van der Waals surface area (Å²) in [4.78, 5) is 19.5. The van der Waals surface area contributed by atoms with E-state index < -0.39 is 5.97 Å². The van der Waals surface area contributed by atoms with Gasteiger partial charge in [0, 0.05) is 29.6 Å². The molecule has 26 heavy (non-hydrogen) atoms. The van der Waals surface area contributed by atoms with Crippen molar-refractivity contribution in [1.29, 1.82) is 0 Å². The van der Waals surface area contributed by atoms with Crippen molar-refractivity contribution in [3.63, 3.8) is 0 Å². The van der Waals surface area contributed by atoms with Crippen molar-refractivity contribution in [2.45, 2.75) is 57.8 Å². The number of carboxylic acids is 1. The highest BCUT2D eigenvalue weighted by molar-refractivity contribution is 6.04. The third kappa shape index (κ3) is 4.78. The maximum atomic E-state index is 10.5. The monoisotopic (exact) mass is 350 g/mol. The van der Waals surface area contributed by atoms with Crippen molar-refractivity contribution in [2.24, 2.45) is 0 Å². The van der Waals surface area contributed by atoms with Crippen molar-refractivity contribution in [3.8, 4) is 0 Å². The molecule has 3 aromatic rings. The Kier molecular flexibility index (Phi) is 6.53. The Morgan fingerprint density at radius 3 is 2.27 bits per heavy atom. The fourth-order valence-electron chi connectivity index (χ4n) is 3.53. The van der Waals surface area contributed by atoms with Crippen LogP contribution in [0.2, 0.25) is 0 Å². The van der Waals surface area contributed by atoms with Crippen molar-refractivity contribution < 1.29 is 9.90 Å². The third-order valence-corrected chi connectivity index (χ3v) is 4.88. The molecule has 136 valence electrons. The van der Waals surface area contributed by atoms with Gasteiger partial charge >= 0.3 is 5.97 Å². The SMILES string of the molecule is O=C(O)CCCCCCCCCc1cc2cccnc2c2ncccc12. The fraction of sp³-hybridized carbons (Fsp3) is 0.409. The molecule has 0 aliphatic heterocycles. The quantitative estimate of drug-likeness (QED) is 0.386. The van der Waals surface area contributed by atoms with Crippen LogP contribution in [0.1, 0.15) is 56.9 Å². The number of aryl methyl sites for hydroxylation is 1. The molecular weight excluding hydrogens is 324 g/mol. The van der Waals surface area contributed by atoms with Crippen LogP contribution in [0.5, 0.6) is 0 Å². The van der Waals surface area contributed by atoms with Crippen molar-refractivity contribution in [3.05, 3.63) is 48.3 Å². The predicted octanol–water partition coefficient (Wildman–Crippen LogP) is 5.53. The molecule has 0 unspecified atom stereocenters. The molecule has 4 nitrogen and oxygen atoms in total. The van der Waals surface area contributed by atoms with Crippen molar-refractivity contribution in [1.82, 2.24) is 9.97 Å². The number of benzene rings is 1. The van der Waals surface area contributed by atoms with Crippen LogP contribution in [-0.4, -0.2) is 21.0 Å². The predicted molar refractivity (Wildman–Crippen MR) is 105 cm³/mol. The summed E-state index contributed by atoms with van der Waals surface area (Å²) >= 11 is 0. The number of aliphatic carboxylic acids is 1. The molecule has 0 fully saturated rings. The first-order chi connectivity index (χ1) is 12.8. The van der Waals surface area contributed by atoms with Crippen LogP contribution < -0.4 is 0 Å². The molecule has 0 aliphatic rings. The second kappa shape index (κ2) is 9.27. The highest BCUT2D eigenvalue weighted by Gasteiger charge is 2.08. The molecule has 0 amide bonds. The van der Waals surface area contributed by atoms with Gasteiger partial charge in [0.15, 0.2) is 0 Å². The molecule has 0 spiro atoms. The molecule has 0 bridgehead atoms. The zero-order valence-electron chi connectivity index (χ0n) is 15.2. The maximum absolute atomic E-state index is 10.5. The van der Waals surface area contributed by atoms with Crippen molar-refractivity contribution >= 4 is 27.8 Å². The molecule has 0 atom stereocenters. The number of carboxylic acid groups (broad SMARTS) is 1. The molecular formula is C22H26N2O2. The Morgan fingerprint density at radius 2 is 1.50 bits per heavy atom. The van der Waals surface area contributed by atoms with Gasteiger partial charge in [-0.2, -0.15) is 0 Å². The number of carbonyl (C=O) groups is 1. The summed E-state index contributed by atoms with van der Waals surface area (Å²) in [6, 6.07) is 10.5. The molecule has 0 aliphatic carbocycles. The van der Waals surface area contributed by atoms with Gasteiger partial charge in [-0.25, -0.2) is 0 Å². The molecule has 0 saturated heterocycles. The Labute approximate surface area is 154 Å². The van der Waals surface area contributed by atoms with E-state index in [1.807, 2.05) is 24.5 Å². The van der Waals surface area contributed by atoms with E-state index in [0.29, 0.717) is 6.42 Å². The lowest BCUT2D eigenvalue weighted by Crippen LogP contribution is -1.94. The zero-order valence-corrected chi connectivity index (χ0v) is 15.2. The van der Waals surface area contributed by atoms with Gasteiger partial charge in [-0.15, -0.1) is 0 Å². The zero-order chi connectivity index (χ0) is 18.2. The first-order valence-corrected chi connectivity index (χ1v) is 9.59. The van der Waals surface area contributed by atoms with Crippen LogP contribution in [-0.2, 0) is 11.2 Å². The van der Waals surface area contributed by atoms with Crippen molar-refractivity contribution in [2.75, 3.05) is 0 Å². The summed E-state index contributed by atoms with van der Waals surface area (Å²) in [5.41, 5.74) is 3.34. The van der Waals surface area contributed by atoms with E-state index >= 15 is 0 Å². The van der Waals surface area contributed by atoms with Crippen LogP contribution in [0.4, 0.5) is 0 Å². The van der Waals surface area contributed by atoms with Gasteiger partial charge in [0.2, 0.25) is 0 Å². The Bertz CT molecular complexity index is 876. The minimum Gasteiger partial charge on any atom is -0.481 e. The molecule has 1 aromatic carbocycles.